The number of carbonyl (C=O) groups is 1. The average molecular weight is 411 g/mol. The maximum atomic E-state index is 12.7. The minimum absolute atomic E-state index is 0.0906. The zero-order valence-corrected chi connectivity index (χ0v) is 17.1. The molecule has 1 aliphatic rings. The van der Waals surface area contributed by atoms with Gasteiger partial charge in [-0.2, -0.15) is 4.98 Å². The first-order valence-electron chi connectivity index (χ1n) is 9.82. The van der Waals surface area contributed by atoms with Crippen molar-refractivity contribution in [2.45, 2.75) is 19.9 Å². The standard InChI is InChI=1S/C22H23ClN4O2/c1-2-16-7-9-17(10-8-16)22(28)27-13-11-26(12-14-27)15-20-24-21(29-25-20)18-5-3-4-6-19(18)23/h3-10H,2,11-15H2,1H3. The van der Waals surface area contributed by atoms with Crippen molar-refractivity contribution in [2.75, 3.05) is 26.2 Å². The normalized spacial score (nSPS) is 14.9. The summed E-state index contributed by atoms with van der Waals surface area (Å²) in [5.74, 6) is 1.14. The summed E-state index contributed by atoms with van der Waals surface area (Å²) < 4.78 is 5.37. The zero-order valence-electron chi connectivity index (χ0n) is 16.3. The van der Waals surface area contributed by atoms with Crippen LogP contribution in [0.2, 0.25) is 5.02 Å². The fourth-order valence-corrected chi connectivity index (χ4v) is 3.65. The van der Waals surface area contributed by atoms with E-state index in [-0.39, 0.29) is 5.91 Å². The van der Waals surface area contributed by atoms with Gasteiger partial charge in [-0.05, 0) is 36.2 Å². The highest BCUT2D eigenvalue weighted by molar-refractivity contribution is 6.33. The van der Waals surface area contributed by atoms with E-state index in [9.17, 15) is 4.79 Å². The maximum Gasteiger partial charge on any atom is 0.259 e. The molecule has 0 saturated carbocycles. The van der Waals surface area contributed by atoms with Gasteiger partial charge in [0, 0.05) is 31.7 Å². The van der Waals surface area contributed by atoms with Crippen LogP contribution < -0.4 is 0 Å². The molecule has 3 aromatic rings. The molecule has 0 radical (unpaired) electrons. The minimum Gasteiger partial charge on any atom is -0.336 e. The molecular formula is C22H23ClN4O2. The lowest BCUT2D eigenvalue weighted by atomic mass is 10.1. The van der Waals surface area contributed by atoms with Gasteiger partial charge in [0.2, 0.25) is 0 Å². The molecule has 150 valence electrons. The molecule has 29 heavy (non-hydrogen) atoms. The van der Waals surface area contributed by atoms with Gasteiger partial charge in [-0.25, -0.2) is 0 Å². The van der Waals surface area contributed by atoms with Gasteiger partial charge in [-0.15, -0.1) is 0 Å². The molecule has 0 unspecified atom stereocenters. The molecule has 0 aliphatic carbocycles. The Labute approximate surface area is 175 Å². The highest BCUT2D eigenvalue weighted by Gasteiger charge is 2.23. The van der Waals surface area contributed by atoms with E-state index < -0.39 is 0 Å². The Morgan fingerprint density at radius 1 is 1.07 bits per heavy atom. The molecule has 1 saturated heterocycles. The number of halogens is 1. The second-order valence-corrected chi connectivity index (χ2v) is 7.52. The van der Waals surface area contributed by atoms with Crippen molar-refractivity contribution in [3.05, 3.63) is 70.5 Å². The van der Waals surface area contributed by atoms with Gasteiger partial charge in [0.15, 0.2) is 5.82 Å². The fraction of sp³-hybridized carbons (Fsp3) is 0.318. The molecular weight excluding hydrogens is 388 g/mol. The molecule has 2 aromatic carbocycles. The van der Waals surface area contributed by atoms with E-state index in [1.807, 2.05) is 47.4 Å². The van der Waals surface area contributed by atoms with E-state index in [1.165, 1.54) is 5.56 Å². The molecule has 0 spiro atoms. The molecule has 1 aromatic heterocycles. The molecule has 1 aliphatic heterocycles. The zero-order chi connectivity index (χ0) is 20.2. The number of aromatic nitrogens is 2. The van der Waals surface area contributed by atoms with Crippen molar-refractivity contribution in [3.63, 3.8) is 0 Å². The van der Waals surface area contributed by atoms with Crippen LogP contribution in [0, 0.1) is 0 Å². The monoisotopic (exact) mass is 410 g/mol. The summed E-state index contributed by atoms with van der Waals surface area (Å²) >= 11 is 6.20. The highest BCUT2D eigenvalue weighted by atomic mass is 35.5. The second-order valence-electron chi connectivity index (χ2n) is 7.11. The predicted molar refractivity (Wildman–Crippen MR) is 112 cm³/mol. The molecule has 0 bridgehead atoms. The lowest BCUT2D eigenvalue weighted by Crippen LogP contribution is -2.48. The summed E-state index contributed by atoms with van der Waals surface area (Å²) in [4.78, 5) is 21.3. The third kappa shape index (κ3) is 4.49. The second kappa shape index (κ2) is 8.76. The molecule has 2 heterocycles. The summed E-state index contributed by atoms with van der Waals surface area (Å²) in [7, 11) is 0. The van der Waals surface area contributed by atoms with Crippen LogP contribution >= 0.6 is 11.6 Å². The van der Waals surface area contributed by atoms with Gasteiger partial charge in [0.25, 0.3) is 11.8 Å². The SMILES string of the molecule is CCc1ccc(C(=O)N2CCN(Cc3noc(-c4ccccc4Cl)n3)CC2)cc1. The van der Waals surface area contributed by atoms with Crippen LogP contribution in [-0.4, -0.2) is 52.0 Å². The smallest absolute Gasteiger partial charge is 0.259 e. The van der Waals surface area contributed by atoms with Gasteiger partial charge in [0.1, 0.15) is 0 Å². The van der Waals surface area contributed by atoms with Crippen LogP contribution in [0.4, 0.5) is 0 Å². The predicted octanol–water partition coefficient (Wildman–Crippen LogP) is 3.91. The number of carbonyl (C=O) groups excluding carboxylic acids is 1. The van der Waals surface area contributed by atoms with Crippen LogP contribution in [0.25, 0.3) is 11.5 Å². The molecule has 0 N–H and O–H groups in total. The number of rotatable bonds is 5. The summed E-state index contributed by atoms with van der Waals surface area (Å²) in [6, 6.07) is 15.3. The number of hydrogen-bond donors (Lipinski definition) is 0. The number of nitrogens with zero attached hydrogens (tertiary/aromatic N) is 4. The summed E-state index contributed by atoms with van der Waals surface area (Å²) in [6.07, 6.45) is 0.974. The van der Waals surface area contributed by atoms with Crippen molar-refractivity contribution in [1.29, 1.82) is 0 Å². The van der Waals surface area contributed by atoms with Crippen molar-refractivity contribution in [3.8, 4) is 11.5 Å². The van der Waals surface area contributed by atoms with Gasteiger partial charge >= 0.3 is 0 Å². The average Bonchev–Trinajstić information content (AvgIpc) is 3.22. The lowest BCUT2D eigenvalue weighted by Gasteiger charge is -2.34. The maximum absolute atomic E-state index is 12.7. The number of hydrogen-bond acceptors (Lipinski definition) is 5. The summed E-state index contributed by atoms with van der Waals surface area (Å²) in [5.41, 5.74) is 2.72. The quantitative estimate of drug-likeness (QED) is 0.638. The first-order chi connectivity index (χ1) is 14.1. The summed E-state index contributed by atoms with van der Waals surface area (Å²) in [6.45, 7) is 5.61. The van der Waals surface area contributed by atoms with E-state index >= 15 is 0 Å². The Hall–Kier alpha value is -2.70. The highest BCUT2D eigenvalue weighted by Crippen LogP contribution is 2.26. The molecule has 0 atom stereocenters. The topological polar surface area (TPSA) is 62.5 Å². The number of piperazine rings is 1. The molecule has 7 heteroatoms. The van der Waals surface area contributed by atoms with Crippen molar-refractivity contribution in [2.24, 2.45) is 0 Å². The first kappa shape index (κ1) is 19.6. The van der Waals surface area contributed by atoms with Crippen molar-refractivity contribution < 1.29 is 9.32 Å². The Balaban J connectivity index is 1.33. The Bertz CT molecular complexity index is 978. The third-order valence-corrected chi connectivity index (χ3v) is 5.54. The molecule has 1 amide bonds. The Morgan fingerprint density at radius 2 is 1.79 bits per heavy atom. The first-order valence-corrected chi connectivity index (χ1v) is 10.2. The minimum atomic E-state index is 0.0906. The van der Waals surface area contributed by atoms with Crippen LogP contribution in [0.15, 0.2) is 53.1 Å². The van der Waals surface area contributed by atoms with E-state index in [4.69, 9.17) is 16.1 Å². The number of benzene rings is 2. The number of amides is 1. The Morgan fingerprint density at radius 3 is 2.48 bits per heavy atom. The van der Waals surface area contributed by atoms with E-state index in [1.54, 1.807) is 6.07 Å². The molecule has 1 fully saturated rings. The van der Waals surface area contributed by atoms with E-state index in [0.717, 1.165) is 30.6 Å². The van der Waals surface area contributed by atoms with Crippen molar-refractivity contribution >= 4 is 17.5 Å². The van der Waals surface area contributed by atoms with Gasteiger partial charge in [-0.3, -0.25) is 9.69 Å². The molecule has 6 nitrogen and oxygen atoms in total. The number of aryl methyl sites for hydroxylation is 1. The van der Waals surface area contributed by atoms with E-state index in [2.05, 4.69) is 22.0 Å². The third-order valence-electron chi connectivity index (χ3n) is 5.21. The fourth-order valence-electron chi connectivity index (χ4n) is 3.44. The van der Waals surface area contributed by atoms with Gasteiger partial charge < -0.3 is 9.42 Å². The van der Waals surface area contributed by atoms with Crippen LogP contribution in [0.1, 0.15) is 28.7 Å². The van der Waals surface area contributed by atoms with Crippen LogP contribution in [0.5, 0.6) is 0 Å². The van der Waals surface area contributed by atoms with Crippen LogP contribution in [-0.2, 0) is 13.0 Å². The van der Waals surface area contributed by atoms with Gasteiger partial charge in [0.05, 0.1) is 17.1 Å². The molecule has 4 rings (SSSR count). The van der Waals surface area contributed by atoms with Crippen LogP contribution in [0.3, 0.4) is 0 Å². The van der Waals surface area contributed by atoms with Crippen molar-refractivity contribution in [1.82, 2.24) is 19.9 Å². The van der Waals surface area contributed by atoms with Gasteiger partial charge in [-0.1, -0.05) is 47.9 Å². The Kier molecular flexibility index (Phi) is 5.92. The lowest BCUT2D eigenvalue weighted by molar-refractivity contribution is 0.0624. The summed E-state index contributed by atoms with van der Waals surface area (Å²) in [5, 5.41) is 4.66. The van der Waals surface area contributed by atoms with E-state index in [0.29, 0.717) is 36.4 Å². The largest absolute Gasteiger partial charge is 0.336 e.